The number of carbonyl (C=O) groups excluding carboxylic acids is 1. The summed E-state index contributed by atoms with van der Waals surface area (Å²) in [5, 5.41) is 7.08. The maximum atomic E-state index is 13.0. The second-order valence-electron chi connectivity index (χ2n) is 7.55. The van der Waals surface area contributed by atoms with E-state index in [0.29, 0.717) is 39.5 Å². The van der Waals surface area contributed by atoms with Crippen LogP contribution in [0, 0.1) is 6.92 Å². The summed E-state index contributed by atoms with van der Waals surface area (Å²) in [5.74, 6) is 0.705. The molecule has 10 heteroatoms. The largest absolute Gasteiger partial charge is 0.339 e. The minimum Gasteiger partial charge on any atom is -0.339 e. The van der Waals surface area contributed by atoms with E-state index in [1.807, 2.05) is 0 Å². The number of anilines is 1. The van der Waals surface area contributed by atoms with Gasteiger partial charge in [-0.05, 0) is 56.5 Å². The third kappa shape index (κ3) is 4.95. The minimum atomic E-state index is -3.99. The number of aryl methyl sites for hydroxylation is 1. The summed E-state index contributed by atoms with van der Waals surface area (Å²) in [6.45, 7) is 3.15. The lowest BCUT2D eigenvalue weighted by atomic mass is 10.1. The topological polar surface area (TPSA) is 114 Å². The van der Waals surface area contributed by atoms with Gasteiger partial charge < -0.3 is 9.84 Å². The van der Waals surface area contributed by atoms with E-state index >= 15 is 0 Å². The number of nitrogens with one attached hydrogen (secondary N) is 2. The van der Waals surface area contributed by atoms with Gasteiger partial charge in [-0.3, -0.25) is 4.79 Å². The number of carbonyl (C=O) groups is 1. The number of benzene rings is 2. The van der Waals surface area contributed by atoms with Gasteiger partial charge in [0.1, 0.15) is 0 Å². The maximum Gasteiger partial charge on any atom is 0.242 e. The van der Waals surface area contributed by atoms with E-state index in [9.17, 15) is 13.2 Å². The van der Waals surface area contributed by atoms with E-state index in [4.69, 9.17) is 16.1 Å². The standard InChI is InChI=1S/C21H21ClN4O4S/c1-12-6-7-15(19-24-21(30-25-19)14-8-9-14)10-18(12)31(28,29)26-13(2)20(27)23-17-5-3-4-16(22)11-17/h3-7,10-11,13-14,26H,8-9H2,1-2H3,(H,23,27). The van der Waals surface area contributed by atoms with Crippen molar-refractivity contribution in [1.29, 1.82) is 0 Å². The van der Waals surface area contributed by atoms with Crippen LogP contribution in [-0.4, -0.2) is 30.5 Å². The highest BCUT2D eigenvalue weighted by atomic mass is 35.5. The van der Waals surface area contributed by atoms with Crippen molar-refractivity contribution in [3.63, 3.8) is 0 Å². The van der Waals surface area contributed by atoms with Gasteiger partial charge in [-0.25, -0.2) is 8.42 Å². The second kappa shape index (κ2) is 8.41. The first-order valence-electron chi connectivity index (χ1n) is 9.76. The van der Waals surface area contributed by atoms with Crippen LogP contribution in [0.25, 0.3) is 11.4 Å². The predicted molar refractivity (Wildman–Crippen MR) is 116 cm³/mol. The Hall–Kier alpha value is -2.75. The average molecular weight is 461 g/mol. The van der Waals surface area contributed by atoms with E-state index in [-0.39, 0.29) is 4.90 Å². The summed E-state index contributed by atoms with van der Waals surface area (Å²) in [6, 6.07) is 10.5. The normalized spacial score (nSPS) is 14.9. The molecule has 1 aromatic heterocycles. The Balaban J connectivity index is 1.52. The molecule has 1 aliphatic carbocycles. The molecule has 0 spiro atoms. The van der Waals surface area contributed by atoms with Crippen LogP contribution in [0.4, 0.5) is 5.69 Å². The van der Waals surface area contributed by atoms with Crippen LogP contribution in [-0.2, 0) is 14.8 Å². The van der Waals surface area contributed by atoms with E-state index in [2.05, 4.69) is 20.2 Å². The number of hydrogen-bond donors (Lipinski definition) is 2. The fourth-order valence-corrected chi connectivity index (χ4v) is 4.71. The molecule has 1 aliphatic rings. The number of halogens is 1. The van der Waals surface area contributed by atoms with Crippen molar-refractivity contribution < 1.29 is 17.7 Å². The number of hydrogen-bond acceptors (Lipinski definition) is 6. The fraction of sp³-hybridized carbons (Fsp3) is 0.286. The zero-order valence-electron chi connectivity index (χ0n) is 16.9. The van der Waals surface area contributed by atoms with Crippen molar-refractivity contribution in [3.05, 3.63) is 58.9 Å². The summed E-state index contributed by atoms with van der Waals surface area (Å²) in [7, 11) is -3.99. The van der Waals surface area contributed by atoms with Crippen LogP contribution in [0.3, 0.4) is 0 Å². The van der Waals surface area contributed by atoms with Crippen LogP contribution < -0.4 is 10.0 Å². The molecule has 1 atom stereocenters. The Morgan fingerprint density at radius 3 is 2.71 bits per heavy atom. The summed E-state index contributed by atoms with van der Waals surface area (Å²) in [4.78, 5) is 16.9. The first kappa shape index (κ1) is 21.5. The van der Waals surface area contributed by atoms with Crippen molar-refractivity contribution in [2.75, 3.05) is 5.32 Å². The minimum absolute atomic E-state index is 0.0465. The third-order valence-corrected chi connectivity index (χ3v) is 6.84. The molecule has 0 radical (unpaired) electrons. The van der Waals surface area contributed by atoms with Gasteiger partial charge in [-0.15, -0.1) is 0 Å². The van der Waals surface area contributed by atoms with Crippen LogP contribution in [0.1, 0.15) is 37.1 Å². The first-order valence-corrected chi connectivity index (χ1v) is 11.6. The van der Waals surface area contributed by atoms with Gasteiger partial charge in [0.25, 0.3) is 0 Å². The molecule has 0 aliphatic heterocycles. The van der Waals surface area contributed by atoms with Gasteiger partial charge in [-0.2, -0.15) is 9.71 Å². The van der Waals surface area contributed by atoms with Crippen molar-refractivity contribution in [3.8, 4) is 11.4 Å². The Labute approximate surface area is 185 Å². The van der Waals surface area contributed by atoms with Gasteiger partial charge >= 0.3 is 0 Å². The molecular weight excluding hydrogens is 440 g/mol. The third-order valence-electron chi connectivity index (χ3n) is 4.92. The molecule has 8 nitrogen and oxygen atoms in total. The lowest BCUT2D eigenvalue weighted by molar-refractivity contribution is -0.117. The molecule has 4 rings (SSSR count). The molecule has 2 aromatic carbocycles. The van der Waals surface area contributed by atoms with Crippen molar-refractivity contribution in [1.82, 2.24) is 14.9 Å². The summed E-state index contributed by atoms with van der Waals surface area (Å²) in [5.41, 5.74) is 1.53. The van der Waals surface area contributed by atoms with Gasteiger partial charge in [-0.1, -0.05) is 35.0 Å². The number of aromatic nitrogens is 2. The van der Waals surface area contributed by atoms with Crippen molar-refractivity contribution >= 4 is 33.2 Å². The molecule has 1 fully saturated rings. The molecule has 31 heavy (non-hydrogen) atoms. The molecule has 0 saturated heterocycles. The zero-order valence-corrected chi connectivity index (χ0v) is 18.5. The molecule has 1 unspecified atom stereocenters. The second-order valence-corrected chi connectivity index (χ2v) is 9.67. The quantitative estimate of drug-likeness (QED) is 0.553. The monoisotopic (exact) mass is 460 g/mol. The molecule has 162 valence electrons. The zero-order chi connectivity index (χ0) is 22.2. The van der Waals surface area contributed by atoms with Gasteiger partial charge in [0.2, 0.25) is 27.6 Å². The summed E-state index contributed by atoms with van der Waals surface area (Å²) in [6.07, 6.45) is 2.04. The highest BCUT2D eigenvalue weighted by Gasteiger charge is 2.30. The Bertz CT molecular complexity index is 1240. The van der Waals surface area contributed by atoms with Gasteiger partial charge in [0.05, 0.1) is 10.9 Å². The number of amides is 1. The Morgan fingerprint density at radius 2 is 2.00 bits per heavy atom. The lowest BCUT2D eigenvalue weighted by Crippen LogP contribution is -2.41. The molecule has 1 amide bonds. The highest BCUT2D eigenvalue weighted by Crippen LogP contribution is 2.39. The van der Waals surface area contributed by atoms with Gasteiger partial charge in [0.15, 0.2) is 0 Å². The first-order chi connectivity index (χ1) is 14.7. The van der Waals surface area contributed by atoms with Crippen LogP contribution in [0.5, 0.6) is 0 Å². The molecule has 0 bridgehead atoms. The van der Waals surface area contributed by atoms with Crippen molar-refractivity contribution in [2.45, 2.75) is 43.5 Å². The van der Waals surface area contributed by atoms with E-state index in [0.717, 1.165) is 12.8 Å². The number of nitrogens with zero attached hydrogens (tertiary/aromatic N) is 2. The molecule has 1 heterocycles. The summed E-state index contributed by atoms with van der Waals surface area (Å²) < 4.78 is 33.7. The smallest absolute Gasteiger partial charge is 0.242 e. The predicted octanol–water partition coefficient (Wildman–Crippen LogP) is 3.88. The van der Waals surface area contributed by atoms with Crippen molar-refractivity contribution in [2.24, 2.45) is 0 Å². The molecule has 3 aromatic rings. The molecule has 1 saturated carbocycles. The van der Waals surface area contributed by atoms with Crippen LogP contribution in [0.15, 0.2) is 51.9 Å². The summed E-state index contributed by atoms with van der Waals surface area (Å²) >= 11 is 5.92. The Morgan fingerprint density at radius 1 is 1.23 bits per heavy atom. The fourth-order valence-electron chi connectivity index (χ4n) is 3.04. The maximum absolute atomic E-state index is 13.0. The lowest BCUT2D eigenvalue weighted by Gasteiger charge is -2.16. The average Bonchev–Trinajstić information content (AvgIpc) is 3.45. The van der Waals surface area contributed by atoms with Gasteiger partial charge in [0, 0.05) is 22.2 Å². The SMILES string of the molecule is Cc1ccc(-c2noc(C3CC3)n2)cc1S(=O)(=O)NC(C)C(=O)Nc1cccc(Cl)c1. The number of rotatable bonds is 7. The molecule has 2 N–H and O–H groups in total. The highest BCUT2D eigenvalue weighted by molar-refractivity contribution is 7.89. The number of sulfonamides is 1. The van der Waals surface area contributed by atoms with Crippen LogP contribution in [0.2, 0.25) is 5.02 Å². The van der Waals surface area contributed by atoms with E-state index < -0.39 is 22.0 Å². The van der Waals surface area contributed by atoms with Crippen LogP contribution >= 0.6 is 11.6 Å². The molecular formula is C21H21ClN4O4S. The van der Waals surface area contributed by atoms with E-state index in [1.165, 1.54) is 13.0 Å². The van der Waals surface area contributed by atoms with E-state index in [1.54, 1.807) is 43.3 Å². The Kier molecular flexibility index (Phi) is 5.83.